The fraction of sp³-hybridized carbons (Fsp3) is 0.200. The number of furan rings is 1. The molecule has 0 bridgehead atoms. The van der Waals surface area contributed by atoms with E-state index in [-0.39, 0.29) is 18.5 Å². The van der Waals surface area contributed by atoms with Gasteiger partial charge in [0.15, 0.2) is 0 Å². The van der Waals surface area contributed by atoms with E-state index in [1.807, 2.05) is 98.0 Å². The number of aromatic amines is 1. The van der Waals surface area contributed by atoms with E-state index in [9.17, 15) is 9.59 Å². The third kappa shape index (κ3) is 5.35. The second-order valence-electron chi connectivity index (χ2n) is 9.53. The molecule has 0 saturated heterocycles. The van der Waals surface area contributed by atoms with Gasteiger partial charge in [0.2, 0.25) is 5.91 Å². The van der Waals surface area contributed by atoms with Crippen molar-refractivity contribution in [1.82, 2.24) is 20.9 Å². The summed E-state index contributed by atoms with van der Waals surface area (Å²) < 4.78 is 5.81. The SMILES string of the molecule is CC(NC(=O)[C@@](C)(Cc1c[nH]c2ccccc12)NC(=O)NCc1cc2ccccc2o1)c1ccccc1. The normalized spacial score (nSPS) is 13.7. The lowest BCUT2D eigenvalue weighted by Gasteiger charge is -2.31. The maximum absolute atomic E-state index is 13.7. The standard InChI is InChI=1S/C30H30N4O3/c1-20(21-10-4-3-5-11-21)33-28(35)30(2,17-23-18-31-26-14-8-7-13-25(23)26)34-29(36)32-19-24-16-22-12-6-9-15-27(22)37-24/h3-16,18,20,31H,17,19H2,1-2H3,(H,33,35)(H2,32,34,36)/t20?,30-/m1/s1. The van der Waals surface area contributed by atoms with Gasteiger partial charge in [-0.05, 0) is 43.2 Å². The maximum atomic E-state index is 13.7. The molecule has 4 N–H and O–H groups in total. The molecule has 0 spiro atoms. The summed E-state index contributed by atoms with van der Waals surface area (Å²) in [5.41, 5.74) is 2.45. The van der Waals surface area contributed by atoms with Crippen LogP contribution in [0.1, 0.15) is 36.8 Å². The number of para-hydroxylation sites is 2. The average Bonchev–Trinajstić information content (AvgIpc) is 3.51. The minimum absolute atomic E-state index is 0.200. The molecule has 188 valence electrons. The topological polar surface area (TPSA) is 99.2 Å². The molecule has 2 heterocycles. The highest BCUT2D eigenvalue weighted by molar-refractivity contribution is 5.92. The van der Waals surface area contributed by atoms with Crippen LogP contribution in [-0.4, -0.2) is 22.5 Å². The molecule has 0 radical (unpaired) electrons. The van der Waals surface area contributed by atoms with E-state index in [4.69, 9.17) is 4.42 Å². The van der Waals surface area contributed by atoms with E-state index in [2.05, 4.69) is 20.9 Å². The number of hydrogen-bond acceptors (Lipinski definition) is 3. The number of rotatable bonds is 8. The van der Waals surface area contributed by atoms with E-state index < -0.39 is 11.6 Å². The summed E-state index contributed by atoms with van der Waals surface area (Å²) in [5, 5.41) is 10.9. The summed E-state index contributed by atoms with van der Waals surface area (Å²) in [6.07, 6.45) is 2.20. The van der Waals surface area contributed by atoms with Gasteiger partial charge in [0.25, 0.3) is 0 Å². The van der Waals surface area contributed by atoms with Crippen LogP contribution in [0, 0.1) is 0 Å². The Hall–Kier alpha value is -4.52. The molecule has 7 nitrogen and oxygen atoms in total. The zero-order chi connectivity index (χ0) is 25.8. The van der Waals surface area contributed by atoms with E-state index >= 15 is 0 Å². The first-order valence-corrected chi connectivity index (χ1v) is 12.4. The Bertz CT molecular complexity index is 1510. The molecule has 5 rings (SSSR count). The third-order valence-corrected chi connectivity index (χ3v) is 6.66. The number of benzene rings is 3. The van der Waals surface area contributed by atoms with Crippen LogP contribution in [0.5, 0.6) is 0 Å². The molecule has 0 saturated carbocycles. The van der Waals surface area contributed by atoms with E-state index in [0.717, 1.165) is 33.0 Å². The number of hydrogen-bond donors (Lipinski definition) is 4. The van der Waals surface area contributed by atoms with Gasteiger partial charge in [-0.2, -0.15) is 0 Å². The number of nitrogens with one attached hydrogen (secondary N) is 4. The average molecular weight is 495 g/mol. The Morgan fingerprint density at radius 1 is 0.973 bits per heavy atom. The molecular weight excluding hydrogens is 464 g/mol. The summed E-state index contributed by atoms with van der Waals surface area (Å²) in [6, 6.07) is 26.6. The van der Waals surface area contributed by atoms with E-state index in [1.54, 1.807) is 6.92 Å². The first kappa shape index (κ1) is 24.2. The number of carbonyl (C=O) groups excluding carboxylic acids is 2. The summed E-state index contributed by atoms with van der Waals surface area (Å²) in [7, 11) is 0. The largest absolute Gasteiger partial charge is 0.459 e. The summed E-state index contributed by atoms with van der Waals surface area (Å²) in [6.45, 7) is 3.88. The third-order valence-electron chi connectivity index (χ3n) is 6.66. The first-order valence-electron chi connectivity index (χ1n) is 12.4. The Morgan fingerprint density at radius 3 is 2.51 bits per heavy atom. The number of fused-ring (bicyclic) bond motifs is 2. The summed E-state index contributed by atoms with van der Waals surface area (Å²) in [5.74, 6) is 0.366. The number of amides is 3. The molecule has 0 fully saturated rings. The van der Waals surface area contributed by atoms with Crippen molar-refractivity contribution in [3.63, 3.8) is 0 Å². The summed E-state index contributed by atoms with van der Waals surface area (Å²) >= 11 is 0. The smallest absolute Gasteiger partial charge is 0.316 e. The van der Waals surface area contributed by atoms with Crippen molar-refractivity contribution >= 4 is 33.8 Å². The lowest BCUT2D eigenvalue weighted by molar-refractivity contribution is -0.127. The van der Waals surface area contributed by atoms with Crippen LogP contribution in [0.2, 0.25) is 0 Å². The van der Waals surface area contributed by atoms with Gasteiger partial charge in [-0.25, -0.2) is 4.79 Å². The number of carbonyl (C=O) groups is 2. The van der Waals surface area contributed by atoms with Crippen molar-refractivity contribution in [1.29, 1.82) is 0 Å². The summed E-state index contributed by atoms with van der Waals surface area (Å²) in [4.78, 5) is 30.0. The van der Waals surface area contributed by atoms with Crippen LogP contribution < -0.4 is 16.0 Å². The molecule has 2 aromatic heterocycles. The lowest BCUT2D eigenvalue weighted by Crippen LogP contribution is -2.60. The Morgan fingerprint density at radius 2 is 1.70 bits per heavy atom. The van der Waals surface area contributed by atoms with Gasteiger partial charge in [0.1, 0.15) is 16.9 Å². The second kappa shape index (κ2) is 10.2. The minimum atomic E-state index is -1.22. The van der Waals surface area contributed by atoms with Crippen LogP contribution in [0.4, 0.5) is 4.79 Å². The Kier molecular flexibility index (Phi) is 6.68. The van der Waals surface area contributed by atoms with Crippen molar-refractivity contribution in [3.05, 3.63) is 108 Å². The molecule has 2 atom stereocenters. The molecule has 5 aromatic rings. The first-order chi connectivity index (χ1) is 17.9. The molecular formula is C30H30N4O3. The van der Waals surface area contributed by atoms with Gasteiger partial charge >= 0.3 is 6.03 Å². The van der Waals surface area contributed by atoms with E-state index in [0.29, 0.717) is 12.2 Å². The van der Waals surface area contributed by atoms with Gasteiger partial charge in [0.05, 0.1) is 12.6 Å². The molecule has 3 amide bonds. The molecule has 0 aliphatic heterocycles. The van der Waals surface area contributed by atoms with Crippen LogP contribution in [0.3, 0.4) is 0 Å². The van der Waals surface area contributed by atoms with Crippen molar-refractivity contribution < 1.29 is 14.0 Å². The van der Waals surface area contributed by atoms with Crippen LogP contribution >= 0.6 is 0 Å². The molecule has 3 aromatic carbocycles. The zero-order valence-corrected chi connectivity index (χ0v) is 20.9. The molecule has 0 aliphatic carbocycles. The number of urea groups is 1. The Labute approximate surface area is 215 Å². The van der Waals surface area contributed by atoms with Gasteiger partial charge in [0, 0.05) is 28.9 Å². The van der Waals surface area contributed by atoms with Gasteiger partial charge in [-0.3, -0.25) is 4.79 Å². The number of aromatic nitrogens is 1. The molecule has 7 heteroatoms. The maximum Gasteiger partial charge on any atom is 0.316 e. The van der Waals surface area contributed by atoms with E-state index in [1.165, 1.54) is 0 Å². The van der Waals surface area contributed by atoms with Crippen molar-refractivity contribution in [3.8, 4) is 0 Å². The highest BCUT2D eigenvalue weighted by atomic mass is 16.3. The molecule has 37 heavy (non-hydrogen) atoms. The zero-order valence-electron chi connectivity index (χ0n) is 20.9. The Balaban J connectivity index is 1.34. The van der Waals surface area contributed by atoms with Crippen molar-refractivity contribution in [2.24, 2.45) is 0 Å². The fourth-order valence-electron chi connectivity index (χ4n) is 4.61. The monoisotopic (exact) mass is 494 g/mol. The lowest BCUT2D eigenvalue weighted by atomic mass is 9.91. The predicted octanol–water partition coefficient (Wildman–Crippen LogP) is 5.59. The highest BCUT2D eigenvalue weighted by Gasteiger charge is 2.36. The quantitative estimate of drug-likeness (QED) is 0.226. The molecule has 1 unspecified atom stereocenters. The van der Waals surface area contributed by atoms with Gasteiger partial charge in [-0.15, -0.1) is 0 Å². The van der Waals surface area contributed by atoms with Crippen LogP contribution in [-0.2, 0) is 17.8 Å². The van der Waals surface area contributed by atoms with Crippen molar-refractivity contribution in [2.75, 3.05) is 0 Å². The van der Waals surface area contributed by atoms with Gasteiger partial charge in [-0.1, -0.05) is 66.7 Å². The van der Waals surface area contributed by atoms with Crippen molar-refractivity contribution in [2.45, 2.75) is 38.4 Å². The van der Waals surface area contributed by atoms with Crippen LogP contribution in [0.15, 0.2) is 95.5 Å². The van der Waals surface area contributed by atoms with Gasteiger partial charge < -0.3 is 25.4 Å². The predicted molar refractivity (Wildman–Crippen MR) is 145 cm³/mol. The minimum Gasteiger partial charge on any atom is -0.459 e. The number of H-pyrrole nitrogens is 1. The highest BCUT2D eigenvalue weighted by Crippen LogP contribution is 2.24. The van der Waals surface area contributed by atoms with Crippen LogP contribution in [0.25, 0.3) is 21.9 Å². The fourth-order valence-corrected chi connectivity index (χ4v) is 4.61. The second-order valence-corrected chi connectivity index (χ2v) is 9.53. The molecule has 0 aliphatic rings.